The van der Waals surface area contributed by atoms with Crippen molar-refractivity contribution in [1.29, 1.82) is 5.26 Å². The minimum absolute atomic E-state index is 0.0954. The fourth-order valence-electron chi connectivity index (χ4n) is 1.61. The molecule has 0 unspecified atom stereocenters. The first kappa shape index (κ1) is 14.4. The zero-order valence-electron chi connectivity index (χ0n) is 11.7. The highest BCUT2D eigenvalue weighted by Gasteiger charge is 2.27. The average molecular weight is 288 g/mol. The molecule has 0 fully saturated rings. The van der Waals surface area contributed by atoms with E-state index < -0.39 is 5.54 Å². The highest BCUT2D eigenvalue weighted by atomic mass is 32.2. The first-order valence-electron chi connectivity index (χ1n) is 6.19. The Kier molecular flexibility index (Phi) is 4.00. The highest BCUT2D eigenvalue weighted by molar-refractivity contribution is 7.99. The molecule has 2 rings (SSSR count). The van der Waals surface area contributed by atoms with Gasteiger partial charge in [-0.3, -0.25) is 4.79 Å². The Hall–Kier alpha value is -2.00. The second kappa shape index (κ2) is 5.55. The van der Waals surface area contributed by atoms with Crippen LogP contribution in [-0.4, -0.2) is 39.1 Å². The van der Waals surface area contributed by atoms with Crippen LogP contribution in [0.1, 0.15) is 13.8 Å². The number of carbonyl (C=O) groups excluding carboxylic acids is 1. The summed E-state index contributed by atoms with van der Waals surface area (Å²) in [7, 11) is 1.64. The zero-order chi connectivity index (χ0) is 14.8. The summed E-state index contributed by atoms with van der Waals surface area (Å²) in [5, 5.41) is 9.74. The van der Waals surface area contributed by atoms with E-state index in [0.29, 0.717) is 5.16 Å². The maximum atomic E-state index is 12.0. The van der Waals surface area contributed by atoms with Crippen LogP contribution >= 0.6 is 11.8 Å². The van der Waals surface area contributed by atoms with Crippen molar-refractivity contribution in [1.82, 2.24) is 14.9 Å². The number of benzene rings is 1. The van der Waals surface area contributed by atoms with E-state index in [-0.39, 0.29) is 11.7 Å². The van der Waals surface area contributed by atoms with Crippen LogP contribution in [0.5, 0.6) is 0 Å². The highest BCUT2D eigenvalue weighted by Crippen LogP contribution is 2.20. The number of hydrogen-bond acceptors (Lipinski definition) is 4. The molecule has 5 nitrogen and oxygen atoms in total. The van der Waals surface area contributed by atoms with Gasteiger partial charge in [0.15, 0.2) is 5.16 Å². The summed E-state index contributed by atoms with van der Waals surface area (Å²) in [5.74, 6) is 0.156. The molecule has 1 heterocycles. The molecule has 0 aliphatic heterocycles. The van der Waals surface area contributed by atoms with Gasteiger partial charge in [-0.05, 0) is 26.0 Å². The van der Waals surface area contributed by atoms with E-state index in [1.807, 2.05) is 24.3 Å². The number of nitrogens with zero attached hydrogens (tertiary/aromatic N) is 3. The second-order valence-corrected chi connectivity index (χ2v) is 5.94. The van der Waals surface area contributed by atoms with E-state index >= 15 is 0 Å². The van der Waals surface area contributed by atoms with Gasteiger partial charge in [0, 0.05) is 7.05 Å². The number of imidazole rings is 1. The minimum Gasteiger partial charge on any atom is -0.333 e. The van der Waals surface area contributed by atoms with Crippen LogP contribution in [0, 0.1) is 11.3 Å². The Morgan fingerprint density at radius 3 is 2.85 bits per heavy atom. The Morgan fingerprint density at radius 2 is 2.20 bits per heavy atom. The van der Waals surface area contributed by atoms with Crippen LogP contribution in [0.4, 0.5) is 0 Å². The van der Waals surface area contributed by atoms with E-state index in [9.17, 15) is 4.79 Å². The third-order valence-corrected chi connectivity index (χ3v) is 4.04. The Bertz CT molecular complexity index is 638. The monoisotopic (exact) mass is 288 g/mol. The van der Waals surface area contributed by atoms with Crippen molar-refractivity contribution in [3.05, 3.63) is 24.3 Å². The number of nitrogens with one attached hydrogen (secondary N) is 1. The maximum absolute atomic E-state index is 12.0. The topological polar surface area (TPSA) is 72.8 Å². The molecule has 0 saturated heterocycles. The van der Waals surface area contributed by atoms with E-state index in [0.717, 1.165) is 11.0 Å². The smallest absolute Gasteiger partial charge is 0.234 e. The van der Waals surface area contributed by atoms with Crippen LogP contribution < -0.4 is 0 Å². The Morgan fingerprint density at radius 1 is 1.50 bits per heavy atom. The van der Waals surface area contributed by atoms with Crippen LogP contribution in [0.15, 0.2) is 29.4 Å². The van der Waals surface area contributed by atoms with Gasteiger partial charge in [0.1, 0.15) is 5.54 Å². The number of nitriles is 1. The first-order chi connectivity index (χ1) is 9.44. The van der Waals surface area contributed by atoms with Crippen LogP contribution in [0.3, 0.4) is 0 Å². The van der Waals surface area contributed by atoms with Gasteiger partial charge in [0.2, 0.25) is 5.91 Å². The van der Waals surface area contributed by atoms with Gasteiger partial charge >= 0.3 is 0 Å². The molecule has 0 radical (unpaired) electrons. The predicted octanol–water partition coefficient (Wildman–Crippen LogP) is 2.42. The molecule has 1 N–H and O–H groups in total. The number of fused-ring (bicyclic) bond motifs is 1. The van der Waals surface area contributed by atoms with Crippen molar-refractivity contribution in [3.63, 3.8) is 0 Å². The molecule has 0 spiro atoms. The fraction of sp³-hybridized carbons (Fsp3) is 0.357. The number of thioether (sulfide) groups is 1. The van der Waals surface area contributed by atoms with Crippen LogP contribution in [-0.2, 0) is 4.79 Å². The van der Waals surface area contributed by atoms with Crippen LogP contribution in [0.25, 0.3) is 11.0 Å². The molecule has 1 amide bonds. The number of para-hydroxylation sites is 2. The van der Waals surface area contributed by atoms with Gasteiger partial charge in [-0.2, -0.15) is 5.26 Å². The summed E-state index contributed by atoms with van der Waals surface area (Å²) in [6, 6.07) is 9.83. The van der Waals surface area contributed by atoms with Gasteiger partial charge < -0.3 is 9.88 Å². The van der Waals surface area contributed by atoms with E-state index in [4.69, 9.17) is 5.26 Å². The summed E-state index contributed by atoms with van der Waals surface area (Å²) in [6.07, 6.45) is 0. The van der Waals surface area contributed by atoms with E-state index in [1.54, 1.807) is 20.9 Å². The molecular weight excluding hydrogens is 272 g/mol. The lowest BCUT2D eigenvalue weighted by molar-refractivity contribution is -0.130. The largest absolute Gasteiger partial charge is 0.333 e. The summed E-state index contributed by atoms with van der Waals surface area (Å²) in [6.45, 7) is 3.44. The summed E-state index contributed by atoms with van der Waals surface area (Å²) >= 11 is 1.34. The predicted molar refractivity (Wildman–Crippen MR) is 79.3 cm³/mol. The number of rotatable bonds is 4. The molecule has 0 bridgehead atoms. The number of aromatic nitrogens is 2. The Balaban J connectivity index is 2.02. The van der Waals surface area contributed by atoms with Crippen molar-refractivity contribution in [2.45, 2.75) is 24.5 Å². The van der Waals surface area contributed by atoms with E-state index in [2.05, 4.69) is 16.0 Å². The normalized spacial score (nSPS) is 11.3. The standard InChI is InChI=1S/C14H16N4OS/c1-14(2,9-15)18(3)12(19)8-20-13-16-10-6-4-5-7-11(10)17-13/h4-7H,8H2,1-3H3,(H,16,17). The molecule has 1 aromatic carbocycles. The molecule has 0 atom stereocenters. The molecule has 104 valence electrons. The van der Waals surface area contributed by atoms with Gasteiger partial charge in [-0.15, -0.1) is 0 Å². The van der Waals surface area contributed by atoms with Crippen molar-refractivity contribution in [3.8, 4) is 6.07 Å². The van der Waals surface area contributed by atoms with Crippen molar-refractivity contribution in [2.24, 2.45) is 0 Å². The molecule has 2 aromatic rings. The van der Waals surface area contributed by atoms with Crippen molar-refractivity contribution >= 4 is 28.7 Å². The average Bonchev–Trinajstić information content (AvgIpc) is 2.86. The van der Waals surface area contributed by atoms with Gasteiger partial charge in [-0.1, -0.05) is 23.9 Å². The Labute approximate surface area is 122 Å². The molecule has 1 aromatic heterocycles. The molecule has 6 heteroatoms. The van der Waals surface area contributed by atoms with Gasteiger partial charge in [0.25, 0.3) is 0 Å². The summed E-state index contributed by atoms with van der Waals surface area (Å²) in [5.41, 5.74) is 1.03. The summed E-state index contributed by atoms with van der Waals surface area (Å²) in [4.78, 5) is 21.1. The number of H-pyrrole nitrogens is 1. The summed E-state index contributed by atoms with van der Waals surface area (Å²) < 4.78 is 0. The van der Waals surface area contributed by atoms with Crippen molar-refractivity contribution < 1.29 is 4.79 Å². The molecular formula is C14H16N4OS. The fourth-order valence-corrected chi connectivity index (χ4v) is 2.41. The van der Waals surface area contributed by atoms with Crippen LogP contribution in [0.2, 0.25) is 0 Å². The third kappa shape index (κ3) is 2.94. The maximum Gasteiger partial charge on any atom is 0.234 e. The number of aromatic amines is 1. The van der Waals surface area contributed by atoms with Gasteiger partial charge in [-0.25, -0.2) is 4.98 Å². The lowest BCUT2D eigenvalue weighted by Crippen LogP contribution is -2.44. The molecule has 20 heavy (non-hydrogen) atoms. The first-order valence-corrected chi connectivity index (χ1v) is 7.18. The SMILES string of the molecule is CN(C(=O)CSc1nc2ccccc2[nH]1)C(C)(C)C#N. The zero-order valence-corrected chi connectivity index (χ0v) is 12.5. The van der Waals surface area contributed by atoms with E-state index in [1.165, 1.54) is 16.7 Å². The van der Waals surface area contributed by atoms with Crippen molar-refractivity contribution in [2.75, 3.05) is 12.8 Å². The number of hydrogen-bond donors (Lipinski definition) is 1. The lowest BCUT2D eigenvalue weighted by atomic mass is 10.1. The number of amides is 1. The second-order valence-electron chi connectivity index (χ2n) is 4.97. The van der Waals surface area contributed by atoms with Gasteiger partial charge in [0.05, 0.1) is 22.9 Å². The lowest BCUT2D eigenvalue weighted by Gasteiger charge is -2.28. The quantitative estimate of drug-likeness (QED) is 0.877. The minimum atomic E-state index is -0.800. The number of carbonyl (C=O) groups is 1. The third-order valence-electron chi connectivity index (χ3n) is 3.19. The molecule has 0 aliphatic rings. The molecule has 0 aliphatic carbocycles. The molecule has 0 saturated carbocycles.